The first kappa shape index (κ1) is 19.4. The molecule has 0 saturated heterocycles. The van der Waals surface area contributed by atoms with Crippen molar-refractivity contribution >= 4 is 33.4 Å². The lowest BCUT2D eigenvalue weighted by Gasteiger charge is -2.12. The quantitative estimate of drug-likeness (QED) is 0.609. The Hall–Kier alpha value is -2.93. The van der Waals surface area contributed by atoms with Crippen LogP contribution >= 0.6 is 15.9 Å². The summed E-state index contributed by atoms with van der Waals surface area (Å²) in [7, 11) is 0. The van der Waals surface area contributed by atoms with Gasteiger partial charge in [0.25, 0.3) is 11.8 Å². The Balaban J connectivity index is 1.46. The van der Waals surface area contributed by atoms with Gasteiger partial charge in [-0.2, -0.15) is 0 Å². The molecule has 2 amide bonds. The van der Waals surface area contributed by atoms with Gasteiger partial charge in [0.15, 0.2) is 0 Å². The third-order valence-corrected chi connectivity index (χ3v) is 5.62. The molecule has 0 atom stereocenters. The molecule has 0 radical (unpaired) electrons. The Bertz CT molecular complexity index is 1040. The number of aryl methyl sites for hydroxylation is 2. The van der Waals surface area contributed by atoms with Crippen molar-refractivity contribution in [1.29, 1.82) is 0 Å². The summed E-state index contributed by atoms with van der Waals surface area (Å²) < 4.78 is 2.86. The van der Waals surface area contributed by atoms with E-state index in [1.807, 2.05) is 12.3 Å². The number of para-hydroxylation sites is 1. The molecule has 0 fully saturated rings. The lowest BCUT2D eigenvalue weighted by atomic mass is 10.1. The molecular formula is C22H21BrN4O2. The monoisotopic (exact) mass is 452 g/mol. The maximum atomic E-state index is 12.8. The van der Waals surface area contributed by atoms with Gasteiger partial charge >= 0.3 is 0 Å². The molecule has 2 aromatic carbocycles. The molecule has 0 saturated carbocycles. The topological polar surface area (TPSA) is 76.0 Å². The minimum Gasteiger partial charge on any atom is -0.346 e. The molecule has 0 aliphatic carbocycles. The fourth-order valence-electron chi connectivity index (χ4n) is 3.45. The van der Waals surface area contributed by atoms with Gasteiger partial charge in [-0.15, -0.1) is 0 Å². The lowest BCUT2D eigenvalue weighted by Crippen LogP contribution is -2.25. The van der Waals surface area contributed by atoms with E-state index in [1.165, 1.54) is 6.42 Å². The van der Waals surface area contributed by atoms with Crippen LogP contribution < -0.4 is 10.6 Å². The minimum absolute atomic E-state index is 0.251. The highest BCUT2D eigenvalue weighted by Gasteiger charge is 2.17. The van der Waals surface area contributed by atoms with Crippen LogP contribution in [0.5, 0.6) is 0 Å². The Morgan fingerprint density at radius 2 is 1.76 bits per heavy atom. The molecule has 29 heavy (non-hydrogen) atoms. The zero-order valence-electron chi connectivity index (χ0n) is 15.8. The molecule has 0 spiro atoms. The second-order valence-corrected chi connectivity index (χ2v) is 7.82. The zero-order valence-corrected chi connectivity index (χ0v) is 17.4. The Kier molecular flexibility index (Phi) is 5.76. The fraction of sp³-hybridized carbons (Fsp3) is 0.227. The van der Waals surface area contributed by atoms with Gasteiger partial charge in [-0.05, 0) is 53.0 Å². The van der Waals surface area contributed by atoms with Crippen molar-refractivity contribution in [2.45, 2.75) is 32.4 Å². The van der Waals surface area contributed by atoms with Crippen molar-refractivity contribution in [3.63, 3.8) is 0 Å². The number of nitrogens with zero attached hydrogens (tertiary/aromatic N) is 2. The molecular weight excluding hydrogens is 432 g/mol. The van der Waals surface area contributed by atoms with Crippen molar-refractivity contribution in [3.8, 4) is 0 Å². The number of aromatic nitrogens is 2. The van der Waals surface area contributed by atoms with Gasteiger partial charge in [0.1, 0.15) is 5.82 Å². The number of amides is 2. The van der Waals surface area contributed by atoms with Crippen molar-refractivity contribution in [1.82, 2.24) is 14.9 Å². The van der Waals surface area contributed by atoms with Crippen LogP contribution in [0.15, 0.2) is 59.2 Å². The van der Waals surface area contributed by atoms with E-state index in [9.17, 15) is 9.59 Å². The number of hydrogen-bond donors (Lipinski definition) is 2. The molecule has 1 aliphatic heterocycles. The number of anilines is 1. The van der Waals surface area contributed by atoms with E-state index < -0.39 is 0 Å². The Morgan fingerprint density at radius 3 is 2.55 bits per heavy atom. The lowest BCUT2D eigenvalue weighted by molar-refractivity contribution is 0.0951. The molecule has 2 N–H and O–H groups in total. The summed E-state index contributed by atoms with van der Waals surface area (Å²) >= 11 is 3.38. The molecule has 3 aromatic rings. The van der Waals surface area contributed by atoms with Crippen LogP contribution in [0.1, 0.15) is 45.1 Å². The average Bonchev–Trinajstić information content (AvgIpc) is 3.16. The fourth-order valence-corrected chi connectivity index (χ4v) is 3.91. The number of nitrogens with one attached hydrogen (secondary N) is 2. The number of hydrogen-bond acceptors (Lipinski definition) is 3. The van der Waals surface area contributed by atoms with Crippen LogP contribution in [0.2, 0.25) is 0 Å². The first-order chi connectivity index (χ1) is 14.1. The van der Waals surface area contributed by atoms with Crippen LogP contribution in [0.4, 0.5) is 5.69 Å². The van der Waals surface area contributed by atoms with E-state index in [4.69, 9.17) is 0 Å². The van der Waals surface area contributed by atoms with Gasteiger partial charge in [-0.25, -0.2) is 4.98 Å². The van der Waals surface area contributed by atoms with Gasteiger partial charge in [-0.3, -0.25) is 9.59 Å². The van der Waals surface area contributed by atoms with E-state index in [-0.39, 0.29) is 11.8 Å². The Morgan fingerprint density at radius 1 is 1.00 bits per heavy atom. The first-order valence-corrected chi connectivity index (χ1v) is 10.4. The average molecular weight is 453 g/mol. The van der Waals surface area contributed by atoms with Crippen molar-refractivity contribution in [2.75, 3.05) is 5.32 Å². The predicted octanol–water partition coefficient (Wildman–Crippen LogP) is 4.16. The number of rotatable bonds is 5. The van der Waals surface area contributed by atoms with Crippen molar-refractivity contribution < 1.29 is 9.59 Å². The Labute approximate surface area is 177 Å². The zero-order chi connectivity index (χ0) is 20.2. The summed E-state index contributed by atoms with van der Waals surface area (Å²) in [6.07, 6.45) is 5.32. The second kappa shape index (κ2) is 8.61. The standard InChI is InChI=1S/C22H21BrN4O2/c23-18-9-3-1-7-16(18)22(29)26-19-10-4-2-8-17(19)21(28)24-13-15-14-27-12-6-5-11-20(27)25-15/h1-4,7-10,14H,5-6,11-13H2,(H,24,28)(H,26,29). The summed E-state index contributed by atoms with van der Waals surface area (Å²) in [5.74, 6) is 0.556. The molecule has 1 aliphatic rings. The van der Waals surface area contributed by atoms with Crippen LogP contribution in [-0.4, -0.2) is 21.4 Å². The third kappa shape index (κ3) is 4.40. The molecule has 7 heteroatoms. The maximum Gasteiger partial charge on any atom is 0.256 e. The predicted molar refractivity (Wildman–Crippen MR) is 115 cm³/mol. The van der Waals surface area contributed by atoms with E-state index in [2.05, 4.69) is 36.1 Å². The molecule has 2 heterocycles. The first-order valence-electron chi connectivity index (χ1n) is 9.60. The smallest absolute Gasteiger partial charge is 0.256 e. The van der Waals surface area contributed by atoms with Crippen LogP contribution in [-0.2, 0) is 19.5 Å². The van der Waals surface area contributed by atoms with E-state index >= 15 is 0 Å². The van der Waals surface area contributed by atoms with Gasteiger partial charge in [-0.1, -0.05) is 24.3 Å². The second-order valence-electron chi connectivity index (χ2n) is 6.96. The van der Waals surface area contributed by atoms with E-state index in [1.54, 1.807) is 42.5 Å². The summed E-state index contributed by atoms with van der Waals surface area (Å²) in [4.78, 5) is 30.0. The highest BCUT2D eigenvalue weighted by atomic mass is 79.9. The minimum atomic E-state index is -0.278. The molecule has 0 bridgehead atoms. The number of halogens is 1. The molecule has 1 aromatic heterocycles. The highest BCUT2D eigenvalue weighted by molar-refractivity contribution is 9.10. The molecule has 4 rings (SSSR count). The van der Waals surface area contributed by atoms with Gasteiger partial charge < -0.3 is 15.2 Å². The van der Waals surface area contributed by atoms with Gasteiger partial charge in [0.2, 0.25) is 0 Å². The number of carbonyl (C=O) groups excluding carboxylic acids is 2. The summed E-state index contributed by atoms with van der Waals surface area (Å²) in [6, 6.07) is 14.1. The molecule has 148 valence electrons. The number of imidazole rings is 1. The van der Waals surface area contributed by atoms with Crippen LogP contribution in [0.3, 0.4) is 0 Å². The largest absolute Gasteiger partial charge is 0.346 e. The van der Waals surface area contributed by atoms with Crippen LogP contribution in [0, 0.1) is 0 Å². The summed E-state index contributed by atoms with van der Waals surface area (Å²) in [5, 5.41) is 5.75. The van der Waals surface area contributed by atoms with Gasteiger partial charge in [0.05, 0.1) is 29.1 Å². The molecule has 6 nitrogen and oxygen atoms in total. The SMILES string of the molecule is O=C(Nc1ccccc1C(=O)NCc1cn2c(n1)CCCC2)c1ccccc1Br. The highest BCUT2D eigenvalue weighted by Crippen LogP contribution is 2.20. The maximum absolute atomic E-state index is 12.8. The summed E-state index contributed by atoms with van der Waals surface area (Å²) in [6.45, 7) is 1.34. The van der Waals surface area contributed by atoms with Crippen molar-refractivity contribution in [2.24, 2.45) is 0 Å². The van der Waals surface area contributed by atoms with E-state index in [0.29, 0.717) is 27.8 Å². The number of benzene rings is 2. The summed E-state index contributed by atoms with van der Waals surface area (Å²) in [5.41, 5.74) is 2.24. The normalized spacial score (nSPS) is 12.9. The van der Waals surface area contributed by atoms with Crippen LogP contribution in [0.25, 0.3) is 0 Å². The molecule has 0 unspecified atom stereocenters. The van der Waals surface area contributed by atoms with Gasteiger partial charge in [0, 0.05) is 23.6 Å². The van der Waals surface area contributed by atoms with Crippen molar-refractivity contribution in [3.05, 3.63) is 81.8 Å². The van der Waals surface area contributed by atoms with E-state index in [0.717, 1.165) is 30.9 Å². The number of fused-ring (bicyclic) bond motifs is 1. The third-order valence-electron chi connectivity index (χ3n) is 4.93. The number of carbonyl (C=O) groups is 2.